The molecule has 2 aromatic rings. The molecule has 1 saturated carbocycles. The maximum atomic E-state index is 10.2. The smallest absolute Gasteiger partial charge is 0.133 e. The predicted molar refractivity (Wildman–Crippen MR) is 75.8 cm³/mol. The third kappa shape index (κ3) is 2.90. The van der Waals surface area contributed by atoms with Gasteiger partial charge in [-0.25, -0.2) is 0 Å². The minimum atomic E-state index is -0.628. The van der Waals surface area contributed by atoms with Crippen molar-refractivity contribution in [2.24, 2.45) is 5.92 Å². The second-order valence-electron chi connectivity index (χ2n) is 5.25. The van der Waals surface area contributed by atoms with Gasteiger partial charge in [0.25, 0.3) is 0 Å². The maximum absolute atomic E-state index is 10.2. The molecule has 3 atom stereocenters. The van der Waals surface area contributed by atoms with E-state index < -0.39 is 6.10 Å². The van der Waals surface area contributed by atoms with E-state index in [1.54, 1.807) is 6.20 Å². The monoisotopic (exact) mass is 321 g/mol. The molecule has 1 fully saturated rings. The Morgan fingerprint density at radius 2 is 2.21 bits per heavy atom. The zero-order valence-electron chi connectivity index (χ0n) is 10.7. The van der Waals surface area contributed by atoms with Crippen LogP contribution >= 0.6 is 15.9 Å². The molecule has 1 N–H and O–H groups in total. The van der Waals surface area contributed by atoms with Crippen LogP contribution in [0.1, 0.15) is 42.6 Å². The van der Waals surface area contributed by atoms with Gasteiger partial charge in [0.2, 0.25) is 0 Å². The van der Waals surface area contributed by atoms with E-state index in [9.17, 15) is 5.11 Å². The average Bonchev–Trinajstić information content (AvgIpc) is 2.93. The van der Waals surface area contributed by atoms with Gasteiger partial charge in [-0.2, -0.15) is 0 Å². The lowest BCUT2D eigenvalue weighted by Gasteiger charge is -2.07. The van der Waals surface area contributed by atoms with E-state index in [1.165, 1.54) is 6.42 Å². The molecule has 4 heteroatoms. The summed E-state index contributed by atoms with van der Waals surface area (Å²) in [4.78, 5) is 4.26. The predicted octanol–water partition coefficient (Wildman–Crippen LogP) is 3.84. The quantitative estimate of drug-likeness (QED) is 0.930. The number of furan rings is 1. The van der Waals surface area contributed by atoms with E-state index in [1.807, 2.05) is 24.3 Å². The van der Waals surface area contributed by atoms with E-state index in [2.05, 4.69) is 27.8 Å². The molecule has 100 valence electrons. The molecular formula is C15H16BrNO2. The Morgan fingerprint density at radius 3 is 2.84 bits per heavy atom. The van der Waals surface area contributed by atoms with Crippen molar-refractivity contribution in [2.45, 2.75) is 31.8 Å². The van der Waals surface area contributed by atoms with Crippen molar-refractivity contribution in [3.05, 3.63) is 52.1 Å². The number of rotatable bonds is 4. The Hall–Kier alpha value is -1.13. The molecule has 19 heavy (non-hydrogen) atoms. The first-order valence-electron chi connectivity index (χ1n) is 6.51. The number of halogens is 1. The van der Waals surface area contributed by atoms with Crippen LogP contribution < -0.4 is 0 Å². The summed E-state index contributed by atoms with van der Waals surface area (Å²) in [5, 5.41) is 10.2. The minimum Gasteiger partial charge on any atom is -0.463 e. The Morgan fingerprint density at radius 1 is 1.42 bits per heavy atom. The third-order valence-corrected chi connectivity index (χ3v) is 4.11. The lowest BCUT2D eigenvalue weighted by atomic mass is 10.1. The first-order valence-corrected chi connectivity index (χ1v) is 7.31. The highest BCUT2D eigenvalue weighted by Crippen LogP contribution is 2.47. The lowest BCUT2D eigenvalue weighted by molar-refractivity contribution is 0.147. The molecule has 3 rings (SSSR count). The fourth-order valence-electron chi connectivity index (χ4n) is 2.29. The SMILES string of the molecule is CC1CC1c1ccc(C(O)Cc2ccc(Br)cn2)o1. The van der Waals surface area contributed by atoms with Gasteiger partial charge in [-0.05, 0) is 52.5 Å². The Kier molecular flexibility index (Phi) is 3.46. The summed E-state index contributed by atoms with van der Waals surface area (Å²) in [5.41, 5.74) is 0.855. The molecule has 0 saturated heterocycles. The maximum Gasteiger partial charge on any atom is 0.133 e. The van der Waals surface area contributed by atoms with Crippen molar-refractivity contribution in [1.29, 1.82) is 0 Å². The largest absolute Gasteiger partial charge is 0.463 e. The second-order valence-corrected chi connectivity index (χ2v) is 6.16. The summed E-state index contributed by atoms with van der Waals surface area (Å²) < 4.78 is 6.69. The summed E-state index contributed by atoms with van der Waals surface area (Å²) in [6.45, 7) is 2.22. The van der Waals surface area contributed by atoms with Gasteiger partial charge in [-0.15, -0.1) is 0 Å². The van der Waals surface area contributed by atoms with Crippen molar-refractivity contribution in [2.75, 3.05) is 0 Å². The molecular weight excluding hydrogens is 306 g/mol. The number of nitrogens with zero attached hydrogens (tertiary/aromatic N) is 1. The van der Waals surface area contributed by atoms with Gasteiger partial charge in [-0.3, -0.25) is 4.98 Å². The van der Waals surface area contributed by atoms with Crippen molar-refractivity contribution in [3.63, 3.8) is 0 Å². The van der Waals surface area contributed by atoms with Gasteiger partial charge >= 0.3 is 0 Å². The van der Waals surface area contributed by atoms with E-state index >= 15 is 0 Å². The average molecular weight is 322 g/mol. The van der Waals surface area contributed by atoms with E-state index in [0.717, 1.165) is 15.9 Å². The highest BCUT2D eigenvalue weighted by Gasteiger charge is 2.36. The summed E-state index contributed by atoms with van der Waals surface area (Å²) in [6.07, 6.45) is 2.77. The van der Waals surface area contributed by atoms with Gasteiger partial charge in [0, 0.05) is 28.7 Å². The number of aliphatic hydroxyl groups is 1. The van der Waals surface area contributed by atoms with Gasteiger partial charge in [-0.1, -0.05) is 6.92 Å². The Labute approximate surface area is 120 Å². The van der Waals surface area contributed by atoms with Crippen LogP contribution in [0.15, 0.2) is 39.4 Å². The van der Waals surface area contributed by atoms with Crippen molar-refractivity contribution in [3.8, 4) is 0 Å². The van der Waals surface area contributed by atoms with Crippen LogP contribution in [-0.4, -0.2) is 10.1 Å². The lowest BCUT2D eigenvalue weighted by Crippen LogP contribution is -2.02. The van der Waals surface area contributed by atoms with Crippen LogP contribution in [0.4, 0.5) is 0 Å². The van der Waals surface area contributed by atoms with E-state index in [-0.39, 0.29) is 0 Å². The van der Waals surface area contributed by atoms with Crippen LogP contribution in [-0.2, 0) is 6.42 Å². The molecule has 1 aliphatic rings. The van der Waals surface area contributed by atoms with Gasteiger partial charge in [0.15, 0.2) is 0 Å². The third-order valence-electron chi connectivity index (χ3n) is 3.64. The summed E-state index contributed by atoms with van der Waals surface area (Å²) in [7, 11) is 0. The van der Waals surface area contributed by atoms with Gasteiger partial charge in [0.1, 0.15) is 17.6 Å². The standard InChI is InChI=1S/C15H16BrNO2/c1-9-6-12(9)14-4-5-15(19-14)13(18)7-11-3-2-10(16)8-17-11/h2-5,8-9,12-13,18H,6-7H2,1H3. The fourth-order valence-corrected chi connectivity index (χ4v) is 2.53. The fraction of sp³-hybridized carbons (Fsp3) is 0.400. The highest BCUT2D eigenvalue weighted by molar-refractivity contribution is 9.10. The topological polar surface area (TPSA) is 46.3 Å². The van der Waals surface area contributed by atoms with Crippen LogP contribution in [0.3, 0.4) is 0 Å². The highest BCUT2D eigenvalue weighted by atomic mass is 79.9. The summed E-state index contributed by atoms with van der Waals surface area (Å²) in [5.74, 6) is 2.90. The number of hydrogen-bond donors (Lipinski definition) is 1. The van der Waals surface area contributed by atoms with Crippen LogP contribution in [0.2, 0.25) is 0 Å². The Bertz CT molecular complexity index is 564. The van der Waals surface area contributed by atoms with Crippen LogP contribution in [0.25, 0.3) is 0 Å². The zero-order valence-corrected chi connectivity index (χ0v) is 12.3. The molecule has 3 unspecified atom stereocenters. The molecule has 2 aromatic heterocycles. The summed E-state index contributed by atoms with van der Waals surface area (Å²) >= 11 is 3.34. The van der Waals surface area contributed by atoms with E-state index in [4.69, 9.17) is 4.42 Å². The number of aromatic nitrogens is 1. The normalized spacial score (nSPS) is 23.3. The number of aliphatic hydroxyl groups excluding tert-OH is 1. The molecule has 0 aromatic carbocycles. The molecule has 1 aliphatic carbocycles. The van der Waals surface area contributed by atoms with Crippen molar-refractivity contribution < 1.29 is 9.52 Å². The summed E-state index contributed by atoms with van der Waals surface area (Å²) in [6, 6.07) is 7.69. The van der Waals surface area contributed by atoms with Crippen molar-refractivity contribution >= 4 is 15.9 Å². The molecule has 3 nitrogen and oxygen atoms in total. The zero-order chi connectivity index (χ0) is 13.4. The number of hydrogen-bond acceptors (Lipinski definition) is 3. The van der Waals surface area contributed by atoms with Crippen LogP contribution in [0.5, 0.6) is 0 Å². The first-order chi connectivity index (χ1) is 9.13. The molecule has 0 spiro atoms. The van der Waals surface area contributed by atoms with Crippen molar-refractivity contribution in [1.82, 2.24) is 4.98 Å². The van der Waals surface area contributed by atoms with Gasteiger partial charge < -0.3 is 9.52 Å². The molecule has 0 amide bonds. The number of pyridine rings is 1. The van der Waals surface area contributed by atoms with Crippen LogP contribution in [0, 0.1) is 5.92 Å². The minimum absolute atomic E-state index is 0.473. The molecule has 2 heterocycles. The Balaban J connectivity index is 1.68. The molecule has 0 aliphatic heterocycles. The first kappa shape index (κ1) is 12.9. The van der Waals surface area contributed by atoms with Gasteiger partial charge in [0.05, 0.1) is 0 Å². The second kappa shape index (κ2) is 5.10. The molecule has 0 bridgehead atoms. The molecule has 0 radical (unpaired) electrons. The van der Waals surface area contributed by atoms with E-state index in [0.29, 0.717) is 24.0 Å².